The summed E-state index contributed by atoms with van der Waals surface area (Å²) in [5.74, 6) is -1.14. The smallest absolute Gasteiger partial charge is 0.325 e. The lowest BCUT2D eigenvalue weighted by Gasteiger charge is -2.28. The van der Waals surface area contributed by atoms with Crippen molar-refractivity contribution in [2.45, 2.75) is 18.9 Å². The Hall–Kier alpha value is -3.64. The molecule has 3 rings (SSSR count). The number of carbonyl (C=O) groups excluding carboxylic acids is 2. The molecule has 1 amide bonds. The predicted octanol–water partition coefficient (Wildman–Crippen LogP) is 3.75. The molecule has 0 aliphatic heterocycles. The van der Waals surface area contributed by atoms with Crippen molar-refractivity contribution in [2.75, 3.05) is 25.6 Å². The van der Waals surface area contributed by atoms with E-state index in [9.17, 15) is 9.59 Å². The highest BCUT2D eigenvalue weighted by molar-refractivity contribution is 5.94. The maximum Gasteiger partial charge on any atom is 0.325 e. The van der Waals surface area contributed by atoms with Crippen LogP contribution < -0.4 is 15.8 Å². The van der Waals surface area contributed by atoms with Gasteiger partial charge in [-0.05, 0) is 42.3 Å². The minimum absolute atomic E-state index is 0.241. The second-order valence-electron chi connectivity index (χ2n) is 7.57. The second kappa shape index (κ2) is 11.1. The number of carbonyl (C=O) groups is 2. The number of hydrazine groups is 1. The summed E-state index contributed by atoms with van der Waals surface area (Å²) in [4.78, 5) is 27.6. The summed E-state index contributed by atoms with van der Waals surface area (Å²) in [5, 5.41) is 0. The minimum atomic E-state index is -0.824. The summed E-state index contributed by atoms with van der Waals surface area (Å²) in [6, 6.07) is 25.8. The van der Waals surface area contributed by atoms with Gasteiger partial charge in [0.1, 0.15) is 6.04 Å². The third-order valence-electron chi connectivity index (χ3n) is 5.18. The first-order valence-corrected chi connectivity index (χ1v) is 10.6. The first kappa shape index (κ1) is 23.0. The molecule has 0 saturated carbocycles. The molecular weight excluding hydrogens is 402 g/mol. The van der Waals surface area contributed by atoms with Crippen molar-refractivity contribution in [2.24, 2.45) is 0 Å². The van der Waals surface area contributed by atoms with Crippen LogP contribution in [0.25, 0.3) is 0 Å². The van der Waals surface area contributed by atoms with Crippen LogP contribution in [0.5, 0.6) is 0 Å². The van der Waals surface area contributed by atoms with Crippen molar-refractivity contribution in [3.63, 3.8) is 0 Å². The van der Waals surface area contributed by atoms with Crippen LogP contribution in [0.2, 0.25) is 0 Å². The molecule has 0 unspecified atom stereocenters. The quantitative estimate of drug-likeness (QED) is 0.399. The molecule has 0 aliphatic rings. The van der Waals surface area contributed by atoms with Crippen LogP contribution in [0, 0.1) is 0 Å². The molecule has 0 heterocycles. The highest BCUT2D eigenvalue weighted by Gasteiger charge is 2.32. The molecule has 0 bridgehead atoms. The van der Waals surface area contributed by atoms with Gasteiger partial charge < -0.3 is 9.64 Å². The Balaban J connectivity index is 1.95. The van der Waals surface area contributed by atoms with Crippen LogP contribution in [0.4, 0.5) is 5.69 Å². The second-order valence-corrected chi connectivity index (χ2v) is 7.57. The summed E-state index contributed by atoms with van der Waals surface area (Å²) >= 11 is 0. The van der Waals surface area contributed by atoms with Crippen molar-refractivity contribution in [1.82, 2.24) is 10.9 Å². The number of esters is 1. The monoisotopic (exact) mass is 431 g/mol. The topological polar surface area (TPSA) is 70.7 Å². The van der Waals surface area contributed by atoms with Gasteiger partial charge in [-0.3, -0.25) is 15.0 Å². The number of nitrogens with one attached hydrogen (secondary N) is 2. The first-order chi connectivity index (χ1) is 15.5. The lowest BCUT2D eigenvalue weighted by atomic mass is 9.85. The molecule has 0 saturated heterocycles. The van der Waals surface area contributed by atoms with Gasteiger partial charge in [0.2, 0.25) is 0 Å². The van der Waals surface area contributed by atoms with E-state index in [0.29, 0.717) is 5.56 Å². The van der Waals surface area contributed by atoms with Gasteiger partial charge in [0, 0.05) is 31.3 Å². The summed E-state index contributed by atoms with van der Waals surface area (Å²) in [5.41, 5.74) is 9.06. The van der Waals surface area contributed by atoms with Crippen LogP contribution in [0.3, 0.4) is 0 Å². The van der Waals surface area contributed by atoms with Crippen LogP contribution in [0.15, 0.2) is 84.9 Å². The molecule has 0 aliphatic carbocycles. The fourth-order valence-electron chi connectivity index (χ4n) is 3.53. The van der Waals surface area contributed by atoms with E-state index in [0.717, 1.165) is 16.8 Å². The molecule has 32 heavy (non-hydrogen) atoms. The van der Waals surface area contributed by atoms with E-state index < -0.39 is 12.0 Å². The van der Waals surface area contributed by atoms with Crippen molar-refractivity contribution >= 4 is 17.6 Å². The first-order valence-electron chi connectivity index (χ1n) is 10.6. The molecular formula is C26H29N3O3. The summed E-state index contributed by atoms with van der Waals surface area (Å²) in [6.45, 7) is 2.01. The maximum atomic E-state index is 13.0. The van der Waals surface area contributed by atoms with Gasteiger partial charge in [0.15, 0.2) is 0 Å². The van der Waals surface area contributed by atoms with Gasteiger partial charge in [-0.1, -0.05) is 60.7 Å². The Bertz CT molecular complexity index is 1010. The van der Waals surface area contributed by atoms with Gasteiger partial charge in [-0.25, -0.2) is 5.43 Å². The summed E-state index contributed by atoms with van der Waals surface area (Å²) < 4.78 is 5.37. The van der Waals surface area contributed by atoms with E-state index in [2.05, 4.69) is 10.9 Å². The number of nitrogens with zero attached hydrogens (tertiary/aromatic N) is 1. The minimum Gasteiger partial charge on any atom is -0.465 e. The Morgan fingerprint density at radius 2 is 1.41 bits per heavy atom. The zero-order valence-electron chi connectivity index (χ0n) is 18.6. The average Bonchev–Trinajstić information content (AvgIpc) is 2.83. The van der Waals surface area contributed by atoms with Crippen LogP contribution in [-0.4, -0.2) is 38.6 Å². The third kappa shape index (κ3) is 5.74. The number of hydrogen-bond acceptors (Lipinski definition) is 5. The van der Waals surface area contributed by atoms with Crippen molar-refractivity contribution < 1.29 is 14.3 Å². The number of ether oxygens (including phenoxy) is 1. The fraction of sp³-hybridized carbons (Fsp3) is 0.231. The highest BCUT2D eigenvalue weighted by atomic mass is 16.5. The molecule has 166 valence electrons. The van der Waals surface area contributed by atoms with Gasteiger partial charge in [-0.15, -0.1) is 0 Å². The Labute approximate surface area is 189 Å². The van der Waals surface area contributed by atoms with Gasteiger partial charge in [-0.2, -0.15) is 0 Å². The van der Waals surface area contributed by atoms with Gasteiger partial charge >= 0.3 is 5.97 Å². The zero-order valence-corrected chi connectivity index (χ0v) is 18.6. The number of anilines is 1. The van der Waals surface area contributed by atoms with Crippen molar-refractivity contribution in [3.8, 4) is 0 Å². The van der Waals surface area contributed by atoms with E-state index in [4.69, 9.17) is 4.74 Å². The zero-order chi connectivity index (χ0) is 22.9. The summed E-state index contributed by atoms with van der Waals surface area (Å²) in [6.07, 6.45) is 0. The largest absolute Gasteiger partial charge is 0.465 e. The Kier molecular flexibility index (Phi) is 8.00. The van der Waals surface area contributed by atoms with Crippen LogP contribution in [0.1, 0.15) is 34.3 Å². The van der Waals surface area contributed by atoms with Gasteiger partial charge in [0.05, 0.1) is 6.61 Å². The molecule has 0 spiro atoms. The Morgan fingerprint density at radius 1 is 0.844 bits per heavy atom. The molecule has 3 aromatic carbocycles. The van der Waals surface area contributed by atoms with Crippen LogP contribution >= 0.6 is 0 Å². The SMILES string of the molecule is CCOC(=O)[C@@H](NNC(=O)c1ccccc1)[C@H](c1ccccc1)c1ccc(N(C)C)cc1. The molecule has 3 aromatic rings. The lowest BCUT2D eigenvalue weighted by molar-refractivity contribution is -0.146. The van der Waals surface area contributed by atoms with Crippen molar-refractivity contribution in [1.29, 1.82) is 0 Å². The number of benzene rings is 3. The summed E-state index contributed by atoms with van der Waals surface area (Å²) in [7, 11) is 3.96. The van der Waals surface area contributed by atoms with Crippen LogP contribution in [-0.2, 0) is 9.53 Å². The van der Waals surface area contributed by atoms with E-state index in [1.807, 2.05) is 79.7 Å². The molecule has 6 heteroatoms. The average molecular weight is 432 g/mol. The standard InChI is InChI=1S/C26H29N3O3/c1-4-32-26(31)24(27-28-25(30)21-13-9-6-10-14-21)23(19-11-7-5-8-12-19)20-15-17-22(18-16-20)29(2)3/h5-18,23-24,27H,4H2,1-3H3,(H,28,30)/t23-,24+/m1/s1. The van der Waals surface area contributed by atoms with Crippen molar-refractivity contribution in [3.05, 3.63) is 102 Å². The molecule has 0 aromatic heterocycles. The lowest BCUT2D eigenvalue weighted by Crippen LogP contribution is -2.51. The molecule has 0 fully saturated rings. The van der Waals surface area contributed by atoms with E-state index >= 15 is 0 Å². The van der Waals surface area contributed by atoms with E-state index in [1.165, 1.54) is 0 Å². The molecule has 0 radical (unpaired) electrons. The maximum absolute atomic E-state index is 13.0. The predicted molar refractivity (Wildman–Crippen MR) is 127 cm³/mol. The molecule has 2 atom stereocenters. The van der Waals surface area contributed by atoms with E-state index in [-0.39, 0.29) is 18.4 Å². The normalized spacial score (nSPS) is 12.5. The molecule has 6 nitrogen and oxygen atoms in total. The highest BCUT2D eigenvalue weighted by Crippen LogP contribution is 2.30. The number of rotatable bonds is 9. The third-order valence-corrected chi connectivity index (χ3v) is 5.18. The van der Waals surface area contributed by atoms with Gasteiger partial charge in [0.25, 0.3) is 5.91 Å². The fourth-order valence-corrected chi connectivity index (χ4v) is 3.53. The number of amides is 1. The van der Waals surface area contributed by atoms with E-state index in [1.54, 1.807) is 31.2 Å². The Morgan fingerprint density at radius 3 is 1.97 bits per heavy atom. The number of hydrogen-bond donors (Lipinski definition) is 2. The molecule has 2 N–H and O–H groups in total.